The van der Waals surface area contributed by atoms with Gasteiger partial charge in [-0.3, -0.25) is 9.59 Å². The lowest BCUT2D eigenvalue weighted by Crippen LogP contribution is -2.35. The number of pyridine rings is 1. The third kappa shape index (κ3) is 5.89. The van der Waals surface area contributed by atoms with E-state index in [2.05, 4.69) is 10.3 Å². The zero-order chi connectivity index (χ0) is 16.2. The maximum absolute atomic E-state index is 12.0. The van der Waals surface area contributed by atoms with Crippen molar-refractivity contribution in [1.29, 1.82) is 0 Å². The van der Waals surface area contributed by atoms with Crippen LogP contribution in [0.2, 0.25) is 10.3 Å². The highest BCUT2D eigenvalue weighted by molar-refractivity contribution is 6.34. The maximum atomic E-state index is 12.0. The van der Waals surface area contributed by atoms with Crippen molar-refractivity contribution in [3.63, 3.8) is 0 Å². The Labute approximate surface area is 133 Å². The van der Waals surface area contributed by atoms with Crippen LogP contribution in [0.3, 0.4) is 0 Å². The zero-order valence-corrected chi connectivity index (χ0v) is 13.6. The highest BCUT2D eigenvalue weighted by Gasteiger charge is 2.25. The number of aliphatic carboxylic acids is 1. The van der Waals surface area contributed by atoms with Gasteiger partial charge in [0.1, 0.15) is 10.3 Å². The molecular formula is C14H18Cl2N2O3. The number of amides is 1. The molecule has 0 radical (unpaired) electrons. The molecule has 1 aromatic heterocycles. The monoisotopic (exact) mass is 332 g/mol. The topological polar surface area (TPSA) is 79.3 Å². The lowest BCUT2D eigenvalue weighted by atomic mass is 9.84. The summed E-state index contributed by atoms with van der Waals surface area (Å²) < 4.78 is 0. The first-order valence-electron chi connectivity index (χ1n) is 6.43. The maximum Gasteiger partial charge on any atom is 0.308 e. The van der Waals surface area contributed by atoms with E-state index < -0.39 is 17.8 Å². The van der Waals surface area contributed by atoms with E-state index in [9.17, 15) is 14.7 Å². The third-order valence-corrected chi connectivity index (χ3v) is 3.28. The number of hydrogen-bond donors (Lipinski definition) is 2. The van der Waals surface area contributed by atoms with Crippen molar-refractivity contribution in [2.45, 2.75) is 27.2 Å². The predicted octanol–water partition coefficient (Wildman–Crippen LogP) is 3.26. The summed E-state index contributed by atoms with van der Waals surface area (Å²) in [6, 6.07) is 2.90. The fraction of sp³-hybridized carbons (Fsp3) is 0.500. The van der Waals surface area contributed by atoms with Crippen molar-refractivity contribution >= 4 is 35.1 Å². The molecule has 0 aliphatic carbocycles. The van der Waals surface area contributed by atoms with Gasteiger partial charge in [-0.25, -0.2) is 4.98 Å². The Morgan fingerprint density at radius 3 is 2.43 bits per heavy atom. The molecule has 0 bridgehead atoms. The molecular weight excluding hydrogens is 315 g/mol. The molecule has 7 heteroatoms. The highest BCUT2D eigenvalue weighted by Crippen LogP contribution is 2.24. The van der Waals surface area contributed by atoms with E-state index in [4.69, 9.17) is 23.2 Å². The van der Waals surface area contributed by atoms with Crippen LogP contribution in [0.5, 0.6) is 0 Å². The van der Waals surface area contributed by atoms with Gasteiger partial charge >= 0.3 is 5.97 Å². The Balaban J connectivity index is 2.71. The minimum atomic E-state index is -0.939. The average Bonchev–Trinajstić information content (AvgIpc) is 2.32. The fourth-order valence-corrected chi connectivity index (χ4v) is 2.31. The molecule has 1 rings (SSSR count). The molecule has 1 atom stereocenters. The van der Waals surface area contributed by atoms with Gasteiger partial charge in [0.05, 0.1) is 11.5 Å². The number of hydrogen-bond acceptors (Lipinski definition) is 3. The van der Waals surface area contributed by atoms with Crippen LogP contribution in [0.15, 0.2) is 12.1 Å². The number of carboxylic acid groups (broad SMARTS) is 1. The first-order chi connectivity index (χ1) is 9.60. The van der Waals surface area contributed by atoms with Gasteiger partial charge < -0.3 is 10.4 Å². The van der Waals surface area contributed by atoms with E-state index >= 15 is 0 Å². The molecule has 0 aliphatic heterocycles. The molecule has 2 N–H and O–H groups in total. The molecule has 116 valence electrons. The first kappa shape index (κ1) is 17.7. The molecule has 0 fully saturated rings. The van der Waals surface area contributed by atoms with Crippen molar-refractivity contribution in [3.8, 4) is 0 Å². The van der Waals surface area contributed by atoms with E-state index in [1.807, 2.05) is 20.8 Å². The second-order valence-electron chi connectivity index (χ2n) is 5.98. The van der Waals surface area contributed by atoms with Crippen molar-refractivity contribution in [2.75, 3.05) is 6.54 Å². The molecule has 5 nitrogen and oxygen atoms in total. The fourth-order valence-electron chi connectivity index (χ4n) is 1.88. The third-order valence-electron chi connectivity index (χ3n) is 2.78. The van der Waals surface area contributed by atoms with Crippen LogP contribution in [0.25, 0.3) is 0 Å². The van der Waals surface area contributed by atoms with E-state index in [1.54, 1.807) is 0 Å². The number of carbonyl (C=O) groups excluding carboxylic acids is 1. The van der Waals surface area contributed by atoms with Gasteiger partial charge in [0, 0.05) is 6.54 Å². The molecule has 0 aromatic carbocycles. The normalized spacial score (nSPS) is 12.8. The van der Waals surface area contributed by atoms with E-state index in [0.717, 1.165) is 0 Å². The van der Waals surface area contributed by atoms with Crippen molar-refractivity contribution < 1.29 is 14.7 Å². The van der Waals surface area contributed by atoms with Gasteiger partial charge in [-0.2, -0.15) is 0 Å². The van der Waals surface area contributed by atoms with Crippen molar-refractivity contribution in [3.05, 3.63) is 28.0 Å². The lowest BCUT2D eigenvalue weighted by molar-refractivity contribution is -0.142. The molecule has 0 spiro atoms. The van der Waals surface area contributed by atoms with Crippen molar-refractivity contribution in [1.82, 2.24) is 10.3 Å². The van der Waals surface area contributed by atoms with Crippen LogP contribution in [0.4, 0.5) is 0 Å². The van der Waals surface area contributed by atoms with Crippen molar-refractivity contribution in [2.24, 2.45) is 11.3 Å². The summed E-state index contributed by atoms with van der Waals surface area (Å²) in [4.78, 5) is 27.0. The van der Waals surface area contributed by atoms with Crippen LogP contribution in [0, 0.1) is 11.3 Å². The summed E-state index contributed by atoms with van der Waals surface area (Å²) >= 11 is 11.5. The van der Waals surface area contributed by atoms with Crippen LogP contribution < -0.4 is 5.32 Å². The molecule has 1 amide bonds. The number of carboxylic acids is 1. The van der Waals surface area contributed by atoms with Gasteiger partial charge in [-0.15, -0.1) is 0 Å². The number of rotatable bonds is 5. The predicted molar refractivity (Wildman–Crippen MR) is 81.8 cm³/mol. The van der Waals surface area contributed by atoms with Crippen LogP contribution >= 0.6 is 23.2 Å². The lowest BCUT2D eigenvalue weighted by Gasteiger charge is -2.23. The second-order valence-corrected chi connectivity index (χ2v) is 6.73. The quantitative estimate of drug-likeness (QED) is 0.811. The molecule has 1 heterocycles. The largest absolute Gasteiger partial charge is 0.481 e. The van der Waals surface area contributed by atoms with Gasteiger partial charge in [0.2, 0.25) is 0 Å². The van der Waals surface area contributed by atoms with Gasteiger partial charge in [-0.1, -0.05) is 44.0 Å². The summed E-state index contributed by atoms with van der Waals surface area (Å²) in [6.45, 7) is 5.88. The molecule has 1 aromatic rings. The molecule has 0 saturated carbocycles. The van der Waals surface area contributed by atoms with E-state index in [0.29, 0.717) is 6.42 Å². The van der Waals surface area contributed by atoms with Gasteiger partial charge in [0.25, 0.3) is 5.91 Å². The molecule has 21 heavy (non-hydrogen) atoms. The zero-order valence-electron chi connectivity index (χ0n) is 12.1. The summed E-state index contributed by atoms with van der Waals surface area (Å²) in [5.41, 5.74) is 0.0220. The van der Waals surface area contributed by atoms with Crippen LogP contribution in [-0.4, -0.2) is 28.5 Å². The minimum Gasteiger partial charge on any atom is -0.481 e. The minimum absolute atomic E-state index is 0.0114. The Morgan fingerprint density at radius 2 is 1.95 bits per heavy atom. The number of aromatic nitrogens is 1. The molecule has 1 unspecified atom stereocenters. The number of nitrogens with one attached hydrogen (secondary N) is 1. The number of halogens is 2. The van der Waals surface area contributed by atoms with E-state index in [1.165, 1.54) is 12.1 Å². The summed E-state index contributed by atoms with van der Waals surface area (Å²) in [5.74, 6) is -2.07. The summed E-state index contributed by atoms with van der Waals surface area (Å²) in [7, 11) is 0. The van der Waals surface area contributed by atoms with Crippen LogP contribution in [-0.2, 0) is 4.79 Å². The van der Waals surface area contributed by atoms with Gasteiger partial charge in [-0.05, 0) is 24.0 Å². The standard InChI is InChI=1S/C14H18Cl2N2O3/c1-14(2,3)6-8(13(20)21)7-17-12(19)9-4-5-10(15)18-11(9)16/h4-5,8H,6-7H2,1-3H3,(H,17,19)(H,20,21). The van der Waals surface area contributed by atoms with Gasteiger partial charge in [0.15, 0.2) is 0 Å². The molecule has 0 aliphatic rings. The average molecular weight is 333 g/mol. The Kier molecular flexibility index (Phi) is 5.98. The smallest absolute Gasteiger partial charge is 0.308 e. The molecule has 0 saturated heterocycles. The second kappa shape index (κ2) is 7.09. The summed E-state index contributed by atoms with van der Waals surface area (Å²) in [6.07, 6.45) is 0.454. The van der Waals surface area contributed by atoms with Crippen LogP contribution in [0.1, 0.15) is 37.6 Å². The highest BCUT2D eigenvalue weighted by atomic mass is 35.5. The number of carbonyl (C=O) groups is 2. The SMILES string of the molecule is CC(C)(C)CC(CNC(=O)c1ccc(Cl)nc1Cl)C(=O)O. The summed E-state index contributed by atoms with van der Waals surface area (Å²) in [5, 5.41) is 12.0. The van der Waals surface area contributed by atoms with E-state index in [-0.39, 0.29) is 27.8 Å². The number of nitrogens with zero attached hydrogens (tertiary/aromatic N) is 1. The Bertz CT molecular complexity index is 542. The Hall–Kier alpha value is -1.33. The first-order valence-corrected chi connectivity index (χ1v) is 7.19. The Morgan fingerprint density at radius 1 is 1.33 bits per heavy atom.